The number of carbonyl (C=O) groups is 2. The van der Waals surface area contributed by atoms with Crippen LogP contribution < -0.4 is 0 Å². The lowest BCUT2D eigenvalue weighted by Gasteiger charge is -2.27. The number of hydrogen-bond donors (Lipinski definition) is 1. The van der Waals surface area contributed by atoms with Crippen molar-refractivity contribution in [3.8, 4) is 0 Å². The van der Waals surface area contributed by atoms with Crippen molar-refractivity contribution >= 4 is 17.7 Å². The van der Waals surface area contributed by atoms with Crippen molar-refractivity contribution in [1.29, 1.82) is 0 Å². The van der Waals surface area contributed by atoms with E-state index in [0.717, 1.165) is 38.3 Å². The number of aryl methyl sites for hydroxylation is 1. The number of amides is 1. The van der Waals surface area contributed by atoms with Crippen LogP contribution in [0.3, 0.4) is 0 Å². The molecule has 1 saturated heterocycles. The Labute approximate surface area is 173 Å². The van der Waals surface area contributed by atoms with E-state index in [9.17, 15) is 18.0 Å². The number of nitrogens with zero attached hydrogens (tertiary/aromatic N) is 3. The highest BCUT2D eigenvalue weighted by atomic mass is 19.4. The summed E-state index contributed by atoms with van der Waals surface area (Å²) in [6.45, 7) is 7.16. The summed E-state index contributed by atoms with van der Waals surface area (Å²) in [5, 5.41) is 7.12. The SMILES string of the molecule is CC1=N[C@@]2(CC[C@@H]3CN(Cc4ccc(C)cc4)C[C@@H]32)C(=O)N1C.O=C(O)C(F)(F)F. The number of amidine groups is 1. The molecule has 1 N–H and O–H groups in total. The second-order valence-corrected chi connectivity index (χ2v) is 8.34. The van der Waals surface area contributed by atoms with Gasteiger partial charge in [0.25, 0.3) is 5.91 Å². The van der Waals surface area contributed by atoms with E-state index in [-0.39, 0.29) is 5.91 Å². The van der Waals surface area contributed by atoms with Crippen molar-refractivity contribution in [3.63, 3.8) is 0 Å². The first kappa shape index (κ1) is 22.3. The molecule has 3 aliphatic rings. The molecule has 0 aromatic heterocycles. The van der Waals surface area contributed by atoms with Gasteiger partial charge in [0.2, 0.25) is 0 Å². The van der Waals surface area contributed by atoms with Crippen LogP contribution in [0, 0.1) is 18.8 Å². The zero-order valence-corrected chi connectivity index (χ0v) is 17.2. The van der Waals surface area contributed by atoms with E-state index in [1.165, 1.54) is 11.1 Å². The first-order chi connectivity index (χ1) is 13.9. The van der Waals surface area contributed by atoms with Gasteiger partial charge < -0.3 is 10.0 Å². The van der Waals surface area contributed by atoms with Crippen molar-refractivity contribution in [3.05, 3.63) is 35.4 Å². The second kappa shape index (κ2) is 8.02. The minimum absolute atomic E-state index is 0.222. The van der Waals surface area contributed by atoms with Crippen LogP contribution >= 0.6 is 0 Å². The molecular formula is C21H26F3N3O3. The Balaban J connectivity index is 0.000000318. The van der Waals surface area contributed by atoms with E-state index in [1.54, 1.807) is 4.90 Å². The second-order valence-electron chi connectivity index (χ2n) is 8.34. The first-order valence-electron chi connectivity index (χ1n) is 9.86. The van der Waals surface area contributed by atoms with Gasteiger partial charge in [0.15, 0.2) is 0 Å². The molecule has 6 nitrogen and oxygen atoms in total. The van der Waals surface area contributed by atoms with Crippen LogP contribution in [-0.2, 0) is 16.1 Å². The van der Waals surface area contributed by atoms with E-state index in [0.29, 0.717) is 11.8 Å². The van der Waals surface area contributed by atoms with Crippen molar-refractivity contribution in [1.82, 2.24) is 9.80 Å². The van der Waals surface area contributed by atoms with Crippen LogP contribution in [0.15, 0.2) is 29.3 Å². The summed E-state index contributed by atoms with van der Waals surface area (Å²) in [5.41, 5.74) is 2.21. The summed E-state index contributed by atoms with van der Waals surface area (Å²) in [7, 11) is 1.86. The Morgan fingerprint density at radius 2 is 1.83 bits per heavy atom. The minimum atomic E-state index is -5.08. The van der Waals surface area contributed by atoms with Crippen LogP contribution in [0.25, 0.3) is 0 Å². The van der Waals surface area contributed by atoms with Crippen LogP contribution in [0.2, 0.25) is 0 Å². The van der Waals surface area contributed by atoms with Crippen molar-refractivity contribution in [2.24, 2.45) is 16.8 Å². The summed E-state index contributed by atoms with van der Waals surface area (Å²) in [6, 6.07) is 8.79. The van der Waals surface area contributed by atoms with Gasteiger partial charge in [0.05, 0.1) is 0 Å². The molecule has 1 aliphatic carbocycles. The lowest BCUT2D eigenvalue weighted by Crippen LogP contribution is -2.45. The number of benzene rings is 1. The van der Waals surface area contributed by atoms with Gasteiger partial charge in [-0.1, -0.05) is 29.8 Å². The molecule has 1 aromatic carbocycles. The van der Waals surface area contributed by atoms with Crippen molar-refractivity contribution in [2.75, 3.05) is 20.1 Å². The standard InChI is InChI=1S/C19H25N3O.C2HF3O2/c1-13-4-6-15(7-5-13)10-22-11-16-8-9-19(17(16)12-22)18(23)21(3)14(2)20-19;3-2(4,5)1(6)7/h4-7,16-17H,8-12H2,1-3H3;(H,6,7)/t16-,17+,19-;/m1./s1. The highest BCUT2D eigenvalue weighted by molar-refractivity contribution is 6.07. The molecule has 0 unspecified atom stereocenters. The summed E-state index contributed by atoms with van der Waals surface area (Å²) in [4.78, 5) is 30.8. The molecule has 2 fully saturated rings. The molecule has 4 rings (SSSR count). The zero-order chi connectivity index (χ0) is 22.3. The number of alkyl halides is 3. The van der Waals surface area contributed by atoms with Crippen LogP contribution in [0.5, 0.6) is 0 Å². The summed E-state index contributed by atoms with van der Waals surface area (Å²) >= 11 is 0. The smallest absolute Gasteiger partial charge is 0.475 e. The fraction of sp³-hybridized carbons (Fsp3) is 0.571. The maximum atomic E-state index is 12.8. The van der Waals surface area contributed by atoms with Gasteiger partial charge >= 0.3 is 12.1 Å². The van der Waals surface area contributed by atoms with E-state index in [2.05, 4.69) is 36.1 Å². The molecule has 3 atom stereocenters. The molecule has 1 saturated carbocycles. The summed E-state index contributed by atoms with van der Waals surface area (Å²) < 4.78 is 31.7. The number of carbonyl (C=O) groups excluding carboxylic acids is 1. The fourth-order valence-corrected chi connectivity index (χ4v) is 4.72. The Bertz CT molecular complexity index is 853. The summed E-state index contributed by atoms with van der Waals surface area (Å²) in [5.74, 6) is -0.646. The number of carboxylic acids is 1. The van der Waals surface area contributed by atoms with Gasteiger partial charge in [-0.05, 0) is 38.2 Å². The number of likely N-dealkylation sites (N-methyl/N-ethyl adjacent to an activating group) is 1. The number of fused-ring (bicyclic) bond motifs is 2. The van der Waals surface area contributed by atoms with E-state index in [4.69, 9.17) is 14.9 Å². The third-order valence-electron chi connectivity index (χ3n) is 6.32. The Kier molecular flexibility index (Phi) is 5.95. The maximum absolute atomic E-state index is 12.8. The normalized spacial score (nSPS) is 28.4. The Morgan fingerprint density at radius 1 is 1.23 bits per heavy atom. The molecular weight excluding hydrogens is 399 g/mol. The van der Waals surface area contributed by atoms with Gasteiger partial charge in [-0.2, -0.15) is 13.2 Å². The number of halogens is 3. The predicted octanol–water partition coefficient (Wildman–Crippen LogP) is 3.10. The fourth-order valence-electron chi connectivity index (χ4n) is 4.72. The lowest BCUT2D eigenvalue weighted by atomic mass is 9.85. The highest BCUT2D eigenvalue weighted by Crippen LogP contribution is 2.50. The van der Waals surface area contributed by atoms with E-state index in [1.807, 2.05) is 14.0 Å². The predicted molar refractivity (Wildman–Crippen MR) is 105 cm³/mol. The molecule has 0 radical (unpaired) electrons. The molecule has 1 amide bonds. The zero-order valence-electron chi connectivity index (χ0n) is 17.2. The third-order valence-corrected chi connectivity index (χ3v) is 6.32. The number of hydrogen-bond acceptors (Lipinski definition) is 4. The molecule has 1 aromatic rings. The first-order valence-corrected chi connectivity index (χ1v) is 9.86. The largest absolute Gasteiger partial charge is 0.490 e. The quantitative estimate of drug-likeness (QED) is 0.790. The molecule has 164 valence electrons. The maximum Gasteiger partial charge on any atom is 0.490 e. The number of carboxylic acid groups (broad SMARTS) is 1. The average Bonchev–Trinajstić information content (AvgIpc) is 3.28. The van der Waals surface area contributed by atoms with Crippen molar-refractivity contribution in [2.45, 2.75) is 44.9 Å². The molecule has 2 aliphatic heterocycles. The Hall–Kier alpha value is -2.42. The van der Waals surface area contributed by atoms with Gasteiger partial charge in [-0.15, -0.1) is 0 Å². The van der Waals surface area contributed by atoms with Gasteiger partial charge in [-0.3, -0.25) is 14.7 Å². The minimum Gasteiger partial charge on any atom is -0.475 e. The van der Waals surface area contributed by atoms with Gasteiger partial charge in [0, 0.05) is 32.6 Å². The van der Waals surface area contributed by atoms with Gasteiger partial charge in [-0.25, -0.2) is 4.79 Å². The number of likely N-dealkylation sites (tertiary alicyclic amines) is 1. The Morgan fingerprint density at radius 3 is 2.33 bits per heavy atom. The van der Waals surface area contributed by atoms with Crippen LogP contribution in [0.1, 0.15) is 30.9 Å². The number of rotatable bonds is 2. The topological polar surface area (TPSA) is 73.2 Å². The number of aliphatic imine (C=N–C) groups is 1. The van der Waals surface area contributed by atoms with Crippen LogP contribution in [-0.4, -0.2) is 64.5 Å². The van der Waals surface area contributed by atoms with E-state index < -0.39 is 17.7 Å². The van der Waals surface area contributed by atoms with Crippen LogP contribution in [0.4, 0.5) is 13.2 Å². The third kappa shape index (κ3) is 4.21. The highest BCUT2D eigenvalue weighted by Gasteiger charge is 2.59. The summed E-state index contributed by atoms with van der Waals surface area (Å²) in [6.07, 6.45) is -3.02. The molecule has 0 bridgehead atoms. The molecule has 1 spiro atoms. The van der Waals surface area contributed by atoms with Crippen molar-refractivity contribution < 1.29 is 27.9 Å². The van der Waals surface area contributed by atoms with E-state index >= 15 is 0 Å². The lowest BCUT2D eigenvalue weighted by molar-refractivity contribution is -0.192. The molecule has 2 heterocycles. The monoisotopic (exact) mass is 425 g/mol. The molecule has 30 heavy (non-hydrogen) atoms. The average molecular weight is 425 g/mol. The molecule has 9 heteroatoms. The van der Waals surface area contributed by atoms with Gasteiger partial charge in [0.1, 0.15) is 11.4 Å². The number of aliphatic carboxylic acids is 1.